The largest absolute Gasteiger partial charge is 0.395 e. The number of nitrogens with one attached hydrogen (secondary N) is 1. The van der Waals surface area contributed by atoms with E-state index in [-0.39, 0.29) is 6.61 Å². The molecule has 2 aromatic heterocycles. The third-order valence-corrected chi connectivity index (χ3v) is 5.48. The first kappa shape index (κ1) is 18.2. The fraction of sp³-hybridized carbons (Fsp3) is 0.350. The summed E-state index contributed by atoms with van der Waals surface area (Å²) in [6.45, 7) is 2.93. The smallest absolute Gasteiger partial charge is 0.116 e. The Labute approximate surface area is 164 Å². The molecule has 1 aromatic carbocycles. The van der Waals surface area contributed by atoms with Crippen molar-refractivity contribution in [1.29, 1.82) is 0 Å². The van der Waals surface area contributed by atoms with Crippen LogP contribution in [-0.2, 0) is 0 Å². The molecule has 0 radical (unpaired) electrons. The monoisotopic (exact) mass is 381 g/mol. The molecule has 1 saturated heterocycles. The van der Waals surface area contributed by atoms with Gasteiger partial charge in [0.2, 0.25) is 0 Å². The van der Waals surface area contributed by atoms with Crippen molar-refractivity contribution >= 4 is 12.6 Å². The third-order valence-electron chi connectivity index (χ3n) is 5.19. The highest BCUT2D eigenvalue weighted by molar-refractivity contribution is 7.80. The van der Waals surface area contributed by atoms with Crippen molar-refractivity contribution in [2.45, 2.75) is 23.7 Å². The number of rotatable bonds is 5. The summed E-state index contributed by atoms with van der Waals surface area (Å²) in [4.78, 5) is 11.8. The maximum Gasteiger partial charge on any atom is 0.116 e. The highest BCUT2D eigenvalue weighted by Gasteiger charge is 2.27. The lowest BCUT2D eigenvalue weighted by Gasteiger charge is -2.31. The molecule has 0 spiro atoms. The van der Waals surface area contributed by atoms with Crippen LogP contribution in [0.25, 0.3) is 22.5 Å². The number of piperidine rings is 1. The van der Waals surface area contributed by atoms with Gasteiger partial charge in [0.15, 0.2) is 0 Å². The first-order valence-corrected chi connectivity index (χ1v) is 9.68. The van der Waals surface area contributed by atoms with E-state index < -0.39 is 0 Å². The minimum Gasteiger partial charge on any atom is -0.395 e. The standard InChI is InChI=1S/C20H23N5OS/c26-12-11-25-9-6-15(7-10-25)20-18(17-5-8-21-13-22-17)19(23-24-20)14-1-3-16(27)4-2-14/h1-5,8,13,15,26-27H,6-7,9-12H2,(H,23,24). The van der Waals surface area contributed by atoms with Crippen LogP contribution >= 0.6 is 12.6 Å². The molecule has 3 aromatic rings. The molecule has 0 saturated carbocycles. The Morgan fingerprint density at radius 2 is 1.93 bits per heavy atom. The van der Waals surface area contributed by atoms with E-state index in [2.05, 4.69) is 37.7 Å². The quantitative estimate of drug-likeness (QED) is 0.592. The number of aliphatic hydroxyl groups excluding tert-OH is 1. The van der Waals surface area contributed by atoms with Gasteiger partial charge < -0.3 is 10.0 Å². The van der Waals surface area contributed by atoms with Crippen molar-refractivity contribution in [3.8, 4) is 22.5 Å². The van der Waals surface area contributed by atoms with Crippen LogP contribution in [0, 0.1) is 0 Å². The average Bonchev–Trinajstić information content (AvgIpc) is 3.15. The van der Waals surface area contributed by atoms with Gasteiger partial charge >= 0.3 is 0 Å². The van der Waals surface area contributed by atoms with E-state index in [0.29, 0.717) is 5.92 Å². The molecule has 0 bridgehead atoms. The van der Waals surface area contributed by atoms with Gasteiger partial charge in [-0.15, -0.1) is 12.6 Å². The van der Waals surface area contributed by atoms with E-state index in [1.165, 1.54) is 0 Å². The van der Waals surface area contributed by atoms with Crippen molar-refractivity contribution in [2.24, 2.45) is 0 Å². The fourth-order valence-electron chi connectivity index (χ4n) is 3.76. The van der Waals surface area contributed by atoms with Gasteiger partial charge in [0, 0.05) is 40.4 Å². The molecular weight excluding hydrogens is 358 g/mol. The number of aromatic nitrogens is 4. The second kappa shape index (κ2) is 8.21. The second-order valence-corrected chi connectivity index (χ2v) is 7.36. The summed E-state index contributed by atoms with van der Waals surface area (Å²) < 4.78 is 0. The minimum absolute atomic E-state index is 0.214. The molecule has 0 unspecified atom stereocenters. The van der Waals surface area contributed by atoms with Crippen LogP contribution in [0.5, 0.6) is 0 Å². The zero-order chi connectivity index (χ0) is 18.6. The van der Waals surface area contributed by atoms with Crippen LogP contribution in [0.3, 0.4) is 0 Å². The zero-order valence-electron chi connectivity index (χ0n) is 15.0. The Morgan fingerprint density at radius 1 is 1.15 bits per heavy atom. The van der Waals surface area contributed by atoms with Gasteiger partial charge in [0.1, 0.15) is 12.0 Å². The zero-order valence-corrected chi connectivity index (χ0v) is 15.9. The molecular formula is C20H23N5OS. The SMILES string of the molecule is OCCN1CCC(c2[nH]nc(-c3ccc(S)cc3)c2-c2ccncn2)CC1. The first-order valence-electron chi connectivity index (χ1n) is 9.23. The Bertz CT molecular complexity index is 873. The Kier molecular flexibility index (Phi) is 5.52. The molecule has 1 aliphatic heterocycles. The number of hydrogen-bond acceptors (Lipinski definition) is 6. The van der Waals surface area contributed by atoms with Crippen molar-refractivity contribution in [2.75, 3.05) is 26.2 Å². The fourth-order valence-corrected chi connectivity index (χ4v) is 3.91. The predicted molar refractivity (Wildman–Crippen MR) is 108 cm³/mol. The molecule has 0 atom stereocenters. The molecule has 4 rings (SSSR count). The van der Waals surface area contributed by atoms with Crippen LogP contribution in [0.1, 0.15) is 24.5 Å². The molecule has 0 amide bonds. The number of aliphatic hydroxyl groups is 1. The van der Waals surface area contributed by atoms with E-state index in [0.717, 1.165) is 65.6 Å². The number of β-amino-alcohol motifs (C(OH)–C–C–N with tert-alkyl or cyclic N) is 1. The lowest BCUT2D eigenvalue weighted by Crippen LogP contribution is -2.35. The summed E-state index contributed by atoms with van der Waals surface area (Å²) >= 11 is 4.38. The number of aromatic amines is 1. The van der Waals surface area contributed by atoms with Crippen LogP contribution in [0.2, 0.25) is 0 Å². The number of benzene rings is 1. The van der Waals surface area contributed by atoms with E-state index in [1.54, 1.807) is 12.5 Å². The van der Waals surface area contributed by atoms with E-state index in [4.69, 9.17) is 5.11 Å². The van der Waals surface area contributed by atoms with Crippen molar-refractivity contribution in [3.63, 3.8) is 0 Å². The molecule has 140 valence electrons. The maximum atomic E-state index is 9.17. The molecule has 0 aliphatic carbocycles. The minimum atomic E-state index is 0.214. The highest BCUT2D eigenvalue weighted by Crippen LogP contribution is 2.39. The second-order valence-electron chi connectivity index (χ2n) is 6.84. The van der Waals surface area contributed by atoms with Crippen molar-refractivity contribution in [1.82, 2.24) is 25.1 Å². The summed E-state index contributed by atoms with van der Waals surface area (Å²) in [6, 6.07) is 9.97. The third kappa shape index (κ3) is 3.90. The topological polar surface area (TPSA) is 77.9 Å². The summed E-state index contributed by atoms with van der Waals surface area (Å²) in [5.74, 6) is 0.398. The summed E-state index contributed by atoms with van der Waals surface area (Å²) in [5, 5.41) is 17.1. The summed E-state index contributed by atoms with van der Waals surface area (Å²) in [6.07, 6.45) is 5.42. The normalized spacial score (nSPS) is 15.9. The summed E-state index contributed by atoms with van der Waals surface area (Å²) in [5.41, 5.74) is 5.04. The van der Waals surface area contributed by atoms with Crippen LogP contribution in [-0.4, -0.2) is 56.4 Å². The van der Waals surface area contributed by atoms with Gasteiger partial charge in [-0.3, -0.25) is 5.10 Å². The number of nitrogens with zero attached hydrogens (tertiary/aromatic N) is 4. The van der Waals surface area contributed by atoms with Gasteiger partial charge in [-0.05, 0) is 44.1 Å². The molecule has 6 nitrogen and oxygen atoms in total. The maximum absolute atomic E-state index is 9.17. The first-order chi connectivity index (χ1) is 13.3. The van der Waals surface area contributed by atoms with Crippen molar-refractivity contribution in [3.05, 3.63) is 48.5 Å². The average molecular weight is 382 g/mol. The van der Waals surface area contributed by atoms with Crippen LogP contribution in [0.15, 0.2) is 47.8 Å². The molecule has 7 heteroatoms. The van der Waals surface area contributed by atoms with Gasteiger partial charge in [0.25, 0.3) is 0 Å². The van der Waals surface area contributed by atoms with E-state index >= 15 is 0 Å². The highest BCUT2D eigenvalue weighted by atomic mass is 32.1. The van der Waals surface area contributed by atoms with E-state index in [1.807, 2.05) is 30.3 Å². The van der Waals surface area contributed by atoms with Gasteiger partial charge in [-0.2, -0.15) is 5.10 Å². The van der Waals surface area contributed by atoms with Crippen molar-refractivity contribution < 1.29 is 5.11 Å². The van der Waals surface area contributed by atoms with Crippen LogP contribution < -0.4 is 0 Å². The predicted octanol–water partition coefficient (Wildman–Crippen LogP) is 2.99. The van der Waals surface area contributed by atoms with Gasteiger partial charge in [-0.25, -0.2) is 9.97 Å². The molecule has 27 heavy (non-hydrogen) atoms. The number of likely N-dealkylation sites (tertiary alicyclic amines) is 1. The Morgan fingerprint density at radius 3 is 2.59 bits per heavy atom. The summed E-state index contributed by atoms with van der Waals surface area (Å²) in [7, 11) is 0. The molecule has 2 N–H and O–H groups in total. The van der Waals surface area contributed by atoms with Gasteiger partial charge in [-0.1, -0.05) is 12.1 Å². The number of hydrogen-bond donors (Lipinski definition) is 3. The number of thiol groups is 1. The Balaban J connectivity index is 1.71. The lowest BCUT2D eigenvalue weighted by atomic mass is 9.89. The van der Waals surface area contributed by atoms with Gasteiger partial charge in [0.05, 0.1) is 12.3 Å². The lowest BCUT2D eigenvalue weighted by molar-refractivity contribution is 0.163. The molecule has 1 aliphatic rings. The van der Waals surface area contributed by atoms with Crippen LogP contribution in [0.4, 0.5) is 0 Å². The molecule has 1 fully saturated rings. The Hall–Kier alpha value is -2.22. The number of H-pyrrole nitrogens is 1. The van der Waals surface area contributed by atoms with E-state index in [9.17, 15) is 0 Å². The molecule has 3 heterocycles.